The zero-order valence-corrected chi connectivity index (χ0v) is 12.4. The average Bonchev–Trinajstić information content (AvgIpc) is 2.72. The van der Waals surface area contributed by atoms with E-state index in [2.05, 4.69) is 10.4 Å². The number of nitrogens with one attached hydrogen (secondary N) is 1. The van der Waals surface area contributed by atoms with Crippen LogP contribution in [0.2, 0.25) is 0 Å². The highest BCUT2D eigenvalue weighted by Crippen LogP contribution is 2.07. The predicted octanol–water partition coefficient (Wildman–Crippen LogP) is 0.589. The summed E-state index contributed by atoms with van der Waals surface area (Å²) in [7, 11) is 3.34. The smallest absolute Gasteiger partial charge is 0.324 e. The highest BCUT2D eigenvalue weighted by atomic mass is 16.4. The molecule has 0 spiro atoms. The maximum absolute atomic E-state index is 11.8. The van der Waals surface area contributed by atoms with Gasteiger partial charge in [0, 0.05) is 38.7 Å². The molecule has 1 aromatic heterocycles. The van der Waals surface area contributed by atoms with Crippen LogP contribution >= 0.6 is 0 Å². The number of hydrogen-bond donors (Lipinski definition) is 2. The van der Waals surface area contributed by atoms with Crippen molar-refractivity contribution in [1.29, 1.82) is 0 Å². The molecule has 8 nitrogen and oxygen atoms in total. The summed E-state index contributed by atoms with van der Waals surface area (Å²) in [5.74, 6) is -1.76. The van der Waals surface area contributed by atoms with Gasteiger partial charge in [0.1, 0.15) is 0 Å². The van der Waals surface area contributed by atoms with Crippen LogP contribution in [0.15, 0.2) is 12.4 Å². The first-order valence-electron chi connectivity index (χ1n) is 6.52. The summed E-state index contributed by atoms with van der Waals surface area (Å²) < 4.78 is 1.62. The van der Waals surface area contributed by atoms with E-state index in [1.807, 2.05) is 0 Å². The Morgan fingerprint density at radius 3 is 2.62 bits per heavy atom. The van der Waals surface area contributed by atoms with Gasteiger partial charge in [-0.25, -0.2) is 4.79 Å². The van der Waals surface area contributed by atoms with Gasteiger partial charge in [0.25, 0.3) is 0 Å². The van der Waals surface area contributed by atoms with Crippen LogP contribution in [0, 0.1) is 5.92 Å². The van der Waals surface area contributed by atoms with Crippen molar-refractivity contribution in [1.82, 2.24) is 20.0 Å². The Bertz CT molecular complexity index is 526. The third-order valence-electron chi connectivity index (χ3n) is 2.83. The van der Waals surface area contributed by atoms with E-state index in [9.17, 15) is 14.4 Å². The quantitative estimate of drug-likeness (QED) is 0.799. The predicted molar refractivity (Wildman–Crippen MR) is 74.2 cm³/mol. The minimum atomic E-state index is -0.963. The molecule has 0 aliphatic heterocycles. The molecule has 1 heterocycles. The molecule has 0 aromatic carbocycles. The lowest BCUT2D eigenvalue weighted by Gasteiger charge is -2.17. The minimum absolute atomic E-state index is 0.00122. The van der Waals surface area contributed by atoms with Crippen LogP contribution in [0.1, 0.15) is 25.3 Å². The number of carboxylic acid groups (broad SMARTS) is 1. The molecular formula is C13H20N4O4. The van der Waals surface area contributed by atoms with E-state index in [0.29, 0.717) is 6.54 Å². The number of carboxylic acids is 1. The molecule has 1 unspecified atom stereocenters. The topological polar surface area (TPSA) is 105 Å². The third-order valence-corrected chi connectivity index (χ3v) is 2.83. The molecular weight excluding hydrogens is 276 g/mol. The van der Waals surface area contributed by atoms with Gasteiger partial charge in [-0.1, -0.05) is 6.92 Å². The molecule has 0 aliphatic rings. The molecule has 0 aliphatic carbocycles. The summed E-state index contributed by atoms with van der Waals surface area (Å²) >= 11 is 0. The van der Waals surface area contributed by atoms with Gasteiger partial charge in [0.15, 0.2) is 0 Å². The van der Waals surface area contributed by atoms with Gasteiger partial charge in [-0.3, -0.25) is 19.6 Å². The Morgan fingerprint density at radius 1 is 1.43 bits per heavy atom. The fraction of sp³-hybridized carbons (Fsp3) is 0.538. The lowest BCUT2D eigenvalue weighted by Crippen LogP contribution is -2.40. The van der Waals surface area contributed by atoms with Crippen molar-refractivity contribution < 1.29 is 19.5 Å². The van der Waals surface area contributed by atoms with E-state index < -0.39 is 17.9 Å². The van der Waals surface area contributed by atoms with Gasteiger partial charge in [-0.05, 0) is 5.92 Å². The Balaban J connectivity index is 2.41. The summed E-state index contributed by atoms with van der Waals surface area (Å²) in [6.07, 6.45) is 3.31. The van der Waals surface area contributed by atoms with Crippen molar-refractivity contribution in [3.05, 3.63) is 18.0 Å². The zero-order chi connectivity index (χ0) is 16.0. The largest absolute Gasteiger partial charge is 0.481 e. The van der Waals surface area contributed by atoms with E-state index in [4.69, 9.17) is 5.11 Å². The van der Waals surface area contributed by atoms with Crippen LogP contribution in [0.25, 0.3) is 0 Å². The van der Waals surface area contributed by atoms with Crippen LogP contribution < -0.4 is 5.32 Å². The van der Waals surface area contributed by atoms with Crippen LogP contribution in [-0.2, 0) is 23.2 Å². The molecule has 0 saturated carbocycles. The van der Waals surface area contributed by atoms with Crippen molar-refractivity contribution in [3.8, 4) is 0 Å². The first kappa shape index (κ1) is 16.7. The number of urea groups is 1. The Kier molecular flexibility index (Phi) is 5.89. The fourth-order valence-electron chi connectivity index (χ4n) is 1.85. The third kappa shape index (κ3) is 6.07. The first-order chi connectivity index (χ1) is 9.77. The van der Waals surface area contributed by atoms with Gasteiger partial charge in [-0.15, -0.1) is 0 Å². The Hall–Kier alpha value is -2.38. The number of hydrogen-bond acceptors (Lipinski definition) is 4. The van der Waals surface area contributed by atoms with Gasteiger partial charge in [0.05, 0.1) is 12.7 Å². The number of imide groups is 1. The van der Waals surface area contributed by atoms with Crippen LogP contribution in [0.3, 0.4) is 0 Å². The maximum atomic E-state index is 11.8. The highest BCUT2D eigenvalue weighted by molar-refractivity contribution is 5.94. The first-order valence-corrected chi connectivity index (χ1v) is 6.52. The molecule has 8 heteroatoms. The van der Waals surface area contributed by atoms with E-state index in [0.717, 1.165) is 5.56 Å². The summed E-state index contributed by atoms with van der Waals surface area (Å²) in [5, 5.41) is 14.8. The fourth-order valence-corrected chi connectivity index (χ4v) is 1.85. The minimum Gasteiger partial charge on any atom is -0.481 e. The average molecular weight is 296 g/mol. The van der Waals surface area contributed by atoms with Crippen molar-refractivity contribution in [2.45, 2.75) is 26.3 Å². The number of aromatic nitrogens is 2. The van der Waals surface area contributed by atoms with Gasteiger partial charge in [0.2, 0.25) is 5.91 Å². The molecule has 0 bridgehead atoms. The standard InChI is InChI=1S/C13H20N4O4/c1-9(5-12(19)20)4-11(18)15-13(21)16(2)7-10-6-14-17(3)8-10/h6,8-9H,4-5,7H2,1-3H3,(H,19,20)(H,15,18,21). The summed E-state index contributed by atoms with van der Waals surface area (Å²) in [4.78, 5) is 35.3. The molecule has 1 aromatic rings. The lowest BCUT2D eigenvalue weighted by atomic mass is 10.0. The molecule has 21 heavy (non-hydrogen) atoms. The number of amides is 3. The van der Waals surface area contributed by atoms with Gasteiger partial charge >= 0.3 is 12.0 Å². The number of nitrogens with zero attached hydrogens (tertiary/aromatic N) is 3. The molecule has 1 atom stereocenters. The maximum Gasteiger partial charge on any atom is 0.324 e. The number of aryl methyl sites for hydroxylation is 1. The van der Waals surface area contributed by atoms with Gasteiger partial charge in [-0.2, -0.15) is 5.10 Å². The molecule has 1 rings (SSSR count). The monoisotopic (exact) mass is 296 g/mol. The Labute approximate surface area is 122 Å². The Morgan fingerprint density at radius 2 is 2.10 bits per heavy atom. The lowest BCUT2D eigenvalue weighted by molar-refractivity contribution is -0.138. The molecule has 0 saturated heterocycles. The van der Waals surface area contributed by atoms with Crippen molar-refractivity contribution in [2.75, 3.05) is 7.05 Å². The normalized spacial score (nSPS) is 11.8. The zero-order valence-electron chi connectivity index (χ0n) is 12.4. The number of carbonyl (C=O) groups is 3. The van der Waals surface area contributed by atoms with Crippen LogP contribution in [0.4, 0.5) is 4.79 Å². The van der Waals surface area contributed by atoms with Crippen LogP contribution in [-0.4, -0.2) is 44.7 Å². The second-order valence-electron chi connectivity index (χ2n) is 5.14. The number of rotatable bonds is 6. The van der Waals surface area contributed by atoms with E-state index in [-0.39, 0.29) is 18.8 Å². The molecule has 116 valence electrons. The molecule has 2 N–H and O–H groups in total. The second kappa shape index (κ2) is 7.41. The van der Waals surface area contributed by atoms with Crippen molar-refractivity contribution in [2.24, 2.45) is 13.0 Å². The van der Waals surface area contributed by atoms with Crippen LogP contribution in [0.5, 0.6) is 0 Å². The molecule has 3 amide bonds. The second-order valence-corrected chi connectivity index (χ2v) is 5.14. The van der Waals surface area contributed by atoms with Crippen molar-refractivity contribution >= 4 is 17.9 Å². The van der Waals surface area contributed by atoms with Gasteiger partial charge < -0.3 is 10.0 Å². The van der Waals surface area contributed by atoms with Crippen molar-refractivity contribution in [3.63, 3.8) is 0 Å². The van der Waals surface area contributed by atoms with E-state index in [1.54, 1.807) is 38.1 Å². The van der Waals surface area contributed by atoms with E-state index >= 15 is 0 Å². The molecule has 0 radical (unpaired) electrons. The summed E-state index contributed by atoms with van der Waals surface area (Å²) in [6.45, 7) is 1.98. The SMILES string of the molecule is CC(CC(=O)O)CC(=O)NC(=O)N(C)Cc1cnn(C)c1. The molecule has 0 fully saturated rings. The number of aliphatic carboxylic acids is 1. The highest BCUT2D eigenvalue weighted by Gasteiger charge is 2.17. The van der Waals surface area contributed by atoms with E-state index in [1.165, 1.54) is 4.90 Å². The summed E-state index contributed by atoms with van der Waals surface area (Å²) in [5.41, 5.74) is 0.849. The number of carbonyl (C=O) groups excluding carboxylic acids is 2. The summed E-state index contributed by atoms with van der Waals surface area (Å²) in [6, 6.07) is -0.522.